The highest BCUT2D eigenvalue weighted by Crippen LogP contribution is 2.21. The first-order valence-electron chi connectivity index (χ1n) is 10.0. The molecule has 2 N–H and O–H groups in total. The van der Waals surface area contributed by atoms with Crippen molar-refractivity contribution in [3.63, 3.8) is 0 Å². The van der Waals surface area contributed by atoms with Gasteiger partial charge in [-0.2, -0.15) is 0 Å². The van der Waals surface area contributed by atoms with Gasteiger partial charge in [0.2, 0.25) is 0 Å². The maximum Gasteiger partial charge on any atom is 0.184 e. The lowest BCUT2D eigenvalue weighted by Crippen LogP contribution is -2.40. The lowest BCUT2D eigenvalue weighted by molar-refractivity contribution is -0.122. The molecule has 0 bridgehead atoms. The Morgan fingerprint density at radius 3 is 2.06 bits per heavy atom. The highest BCUT2D eigenvalue weighted by atomic mass is 35.5. The van der Waals surface area contributed by atoms with Gasteiger partial charge in [-0.1, -0.05) is 23.2 Å². The number of nitrogens with two attached hydrogens (primary N) is 1. The van der Waals surface area contributed by atoms with Crippen molar-refractivity contribution in [3.05, 3.63) is 58.1 Å². The Morgan fingerprint density at radius 2 is 1.53 bits per heavy atom. The minimum atomic E-state index is -0.593. The van der Waals surface area contributed by atoms with Crippen LogP contribution in [0.4, 0.5) is 8.78 Å². The molecule has 0 aromatic heterocycles. The second kappa shape index (κ2) is 11.4. The fourth-order valence-corrected chi connectivity index (χ4v) is 3.46. The van der Waals surface area contributed by atoms with E-state index in [0.717, 1.165) is 18.9 Å². The minimum Gasteiger partial charge on any atom is -0.486 e. The molecule has 2 aromatic rings. The average molecular weight is 486 g/mol. The fourth-order valence-electron chi connectivity index (χ4n) is 3.23. The van der Waals surface area contributed by atoms with E-state index in [0.29, 0.717) is 24.7 Å². The van der Waals surface area contributed by atoms with E-state index in [1.54, 1.807) is 6.07 Å². The van der Waals surface area contributed by atoms with Crippen molar-refractivity contribution in [1.29, 1.82) is 0 Å². The van der Waals surface area contributed by atoms with Crippen molar-refractivity contribution in [1.82, 2.24) is 4.90 Å². The first-order chi connectivity index (χ1) is 15.3. The van der Waals surface area contributed by atoms with Crippen LogP contribution in [0, 0.1) is 11.6 Å². The monoisotopic (exact) mass is 485 g/mol. The quantitative estimate of drug-likeness (QED) is 0.426. The van der Waals surface area contributed by atoms with Crippen LogP contribution in [0.2, 0.25) is 10.0 Å². The number of rotatable bonds is 9. The summed E-state index contributed by atoms with van der Waals surface area (Å²) in [6.07, 6.45) is 1.49. The maximum absolute atomic E-state index is 13.4. The molecule has 1 heterocycles. The molecule has 0 amide bonds. The first-order valence-corrected chi connectivity index (χ1v) is 10.8. The number of benzene rings is 2. The first kappa shape index (κ1) is 24.2. The molecule has 0 aliphatic carbocycles. The van der Waals surface area contributed by atoms with E-state index in [9.17, 15) is 13.6 Å². The van der Waals surface area contributed by atoms with Gasteiger partial charge in [-0.05, 0) is 37.1 Å². The van der Waals surface area contributed by atoms with Crippen LogP contribution in [0.25, 0.3) is 0 Å². The average Bonchev–Trinajstić information content (AvgIpc) is 2.77. The van der Waals surface area contributed by atoms with Gasteiger partial charge in [-0.3, -0.25) is 14.7 Å². The van der Waals surface area contributed by atoms with Gasteiger partial charge in [0.1, 0.15) is 42.2 Å². The van der Waals surface area contributed by atoms with E-state index in [4.69, 9.17) is 38.4 Å². The summed E-state index contributed by atoms with van der Waals surface area (Å²) in [4.78, 5) is 18.7. The van der Waals surface area contributed by atoms with E-state index >= 15 is 0 Å². The lowest BCUT2D eigenvalue weighted by atomic mass is 10.1. The summed E-state index contributed by atoms with van der Waals surface area (Å²) in [6, 6.07) is 8.23. The molecule has 1 aliphatic heterocycles. The summed E-state index contributed by atoms with van der Waals surface area (Å²) < 4.78 is 37.6. The van der Waals surface area contributed by atoms with Crippen molar-refractivity contribution in [2.75, 3.05) is 32.8 Å². The van der Waals surface area contributed by atoms with Crippen LogP contribution in [0.1, 0.15) is 12.8 Å². The van der Waals surface area contributed by atoms with Crippen LogP contribution in [-0.2, 0) is 4.79 Å². The van der Waals surface area contributed by atoms with Gasteiger partial charge in [0.15, 0.2) is 5.78 Å². The Labute approximate surface area is 194 Å². The molecule has 0 atom stereocenters. The Hall–Kier alpha value is -2.42. The second-order valence-corrected chi connectivity index (χ2v) is 8.21. The zero-order valence-electron chi connectivity index (χ0n) is 17.2. The SMILES string of the molecule is NC(COc1ccc(Cl)c(F)c1)=NC1CCN(CC(=O)COc2ccc(Cl)c(F)c2)CC1. The van der Waals surface area contributed by atoms with Crippen molar-refractivity contribution >= 4 is 34.8 Å². The lowest BCUT2D eigenvalue weighted by Gasteiger charge is -2.29. The molecule has 10 heteroatoms. The third-order valence-electron chi connectivity index (χ3n) is 4.87. The molecule has 6 nitrogen and oxygen atoms in total. The fraction of sp³-hybridized carbons (Fsp3) is 0.364. The topological polar surface area (TPSA) is 77.2 Å². The Kier molecular flexibility index (Phi) is 8.67. The van der Waals surface area contributed by atoms with Crippen LogP contribution in [0.5, 0.6) is 11.5 Å². The van der Waals surface area contributed by atoms with E-state index in [1.807, 2.05) is 4.90 Å². The van der Waals surface area contributed by atoms with E-state index in [-0.39, 0.29) is 47.4 Å². The van der Waals surface area contributed by atoms with Gasteiger partial charge in [-0.15, -0.1) is 0 Å². The number of halogens is 4. The molecule has 0 radical (unpaired) electrons. The summed E-state index contributed by atoms with van der Waals surface area (Å²) in [5, 5.41) is 0.0231. The Bertz CT molecular complexity index is 983. The molecule has 32 heavy (non-hydrogen) atoms. The summed E-state index contributed by atoms with van der Waals surface area (Å²) >= 11 is 11.3. The number of ketones is 1. The molecule has 1 saturated heterocycles. The number of carbonyl (C=O) groups excluding carboxylic acids is 1. The van der Waals surface area contributed by atoms with Gasteiger partial charge in [0.25, 0.3) is 0 Å². The number of nitrogens with zero attached hydrogens (tertiary/aromatic N) is 2. The number of Topliss-reactive ketones (excluding diaryl/α,β-unsaturated/α-hetero) is 1. The molecular weight excluding hydrogens is 463 g/mol. The zero-order chi connectivity index (χ0) is 23.1. The standard InChI is InChI=1S/C22H23Cl2F2N3O3/c23-18-3-1-16(9-20(18)25)31-12-15(30)11-29-7-5-14(6-8-29)28-22(27)13-32-17-2-4-19(24)21(26)10-17/h1-4,9-10,14H,5-8,11-13H2,(H2,27,28). The molecule has 1 aliphatic rings. The van der Waals surface area contributed by atoms with Crippen LogP contribution >= 0.6 is 23.2 Å². The normalized spacial score (nSPS) is 15.6. The van der Waals surface area contributed by atoms with Crippen LogP contribution in [0.3, 0.4) is 0 Å². The van der Waals surface area contributed by atoms with Crippen molar-refractivity contribution in [2.45, 2.75) is 18.9 Å². The molecule has 0 spiro atoms. The number of amidine groups is 1. The van der Waals surface area contributed by atoms with Gasteiger partial charge in [0.05, 0.1) is 22.6 Å². The molecular formula is C22H23Cl2F2N3O3. The number of piperidine rings is 1. The third kappa shape index (κ3) is 7.32. The second-order valence-electron chi connectivity index (χ2n) is 7.40. The van der Waals surface area contributed by atoms with Crippen LogP contribution in [0.15, 0.2) is 41.4 Å². The summed E-state index contributed by atoms with van der Waals surface area (Å²) in [7, 11) is 0. The predicted molar refractivity (Wildman–Crippen MR) is 120 cm³/mol. The van der Waals surface area contributed by atoms with Crippen molar-refractivity contribution in [3.8, 4) is 11.5 Å². The highest BCUT2D eigenvalue weighted by molar-refractivity contribution is 6.31. The van der Waals surface area contributed by atoms with Gasteiger partial charge in [-0.25, -0.2) is 8.78 Å². The third-order valence-corrected chi connectivity index (χ3v) is 5.49. The summed E-state index contributed by atoms with van der Waals surface area (Å²) in [5.41, 5.74) is 5.94. The van der Waals surface area contributed by atoms with Gasteiger partial charge < -0.3 is 15.2 Å². The van der Waals surface area contributed by atoms with Crippen molar-refractivity contribution in [2.24, 2.45) is 10.7 Å². The number of hydrogen-bond acceptors (Lipinski definition) is 5. The number of likely N-dealkylation sites (tertiary alicyclic amines) is 1. The summed E-state index contributed by atoms with van der Waals surface area (Å²) in [5.74, 6) is -0.366. The van der Waals surface area contributed by atoms with Gasteiger partial charge in [0, 0.05) is 25.2 Å². The smallest absolute Gasteiger partial charge is 0.184 e. The predicted octanol–water partition coefficient (Wildman–Crippen LogP) is 4.12. The molecule has 0 unspecified atom stereocenters. The number of ether oxygens (including phenoxy) is 2. The van der Waals surface area contributed by atoms with Gasteiger partial charge >= 0.3 is 0 Å². The molecule has 1 fully saturated rings. The number of aliphatic imine (C=N–C) groups is 1. The zero-order valence-corrected chi connectivity index (χ0v) is 18.7. The highest BCUT2D eigenvalue weighted by Gasteiger charge is 2.21. The molecule has 2 aromatic carbocycles. The number of hydrogen-bond donors (Lipinski definition) is 1. The number of carbonyl (C=O) groups is 1. The maximum atomic E-state index is 13.4. The van der Waals surface area contributed by atoms with Crippen LogP contribution < -0.4 is 15.2 Å². The van der Waals surface area contributed by atoms with Crippen molar-refractivity contribution < 1.29 is 23.0 Å². The van der Waals surface area contributed by atoms with E-state index in [1.165, 1.54) is 24.3 Å². The summed E-state index contributed by atoms with van der Waals surface area (Å²) in [6.45, 7) is 1.52. The molecule has 3 rings (SSSR count). The Balaban J connectivity index is 1.37. The largest absolute Gasteiger partial charge is 0.486 e. The molecule has 0 saturated carbocycles. The Morgan fingerprint density at radius 1 is 1.00 bits per heavy atom. The van der Waals surface area contributed by atoms with E-state index in [2.05, 4.69) is 4.99 Å². The van der Waals surface area contributed by atoms with E-state index < -0.39 is 11.6 Å². The van der Waals surface area contributed by atoms with Crippen LogP contribution in [-0.4, -0.2) is 55.4 Å². The minimum absolute atomic E-state index is 0.000261. The molecule has 172 valence electrons.